The fourth-order valence-electron chi connectivity index (χ4n) is 3.78. The first-order chi connectivity index (χ1) is 12.1. The van der Waals surface area contributed by atoms with Gasteiger partial charge in [0.15, 0.2) is 0 Å². The van der Waals surface area contributed by atoms with E-state index in [0.717, 1.165) is 36.1 Å². The molecule has 0 N–H and O–H groups in total. The lowest BCUT2D eigenvalue weighted by molar-refractivity contribution is 0.341. The van der Waals surface area contributed by atoms with Crippen LogP contribution in [0.15, 0.2) is 65.6 Å². The lowest BCUT2D eigenvalue weighted by atomic mass is 10.1. The van der Waals surface area contributed by atoms with Crippen molar-refractivity contribution >= 4 is 10.0 Å². The molecule has 0 aromatic heterocycles. The monoisotopic (exact) mass is 355 g/mol. The smallest absolute Gasteiger partial charge is 0.243 e. The average Bonchev–Trinajstić information content (AvgIpc) is 2.92. The zero-order valence-corrected chi connectivity index (χ0v) is 14.9. The van der Waals surface area contributed by atoms with E-state index in [9.17, 15) is 8.42 Å². The average molecular weight is 355 g/mol. The van der Waals surface area contributed by atoms with Crippen molar-refractivity contribution in [1.29, 1.82) is 0 Å². The number of rotatable bonds is 4. The number of hydrogen-bond acceptors (Lipinski definition) is 3. The van der Waals surface area contributed by atoms with E-state index in [-0.39, 0.29) is 12.1 Å². The second kappa shape index (κ2) is 6.32. The van der Waals surface area contributed by atoms with E-state index in [2.05, 4.69) is 6.08 Å². The van der Waals surface area contributed by atoms with Crippen molar-refractivity contribution in [2.45, 2.75) is 36.2 Å². The summed E-state index contributed by atoms with van der Waals surface area (Å²) in [7, 11) is -1.81. The van der Waals surface area contributed by atoms with Crippen LogP contribution in [0.25, 0.3) is 11.1 Å². The lowest BCUT2D eigenvalue weighted by Gasteiger charge is -2.30. The summed E-state index contributed by atoms with van der Waals surface area (Å²) in [6.45, 7) is 0. The van der Waals surface area contributed by atoms with Crippen LogP contribution >= 0.6 is 0 Å². The molecule has 130 valence electrons. The Morgan fingerprint density at radius 1 is 0.960 bits per heavy atom. The van der Waals surface area contributed by atoms with Gasteiger partial charge < -0.3 is 4.74 Å². The number of nitrogens with zero attached hydrogens (tertiary/aromatic N) is 1. The third-order valence-electron chi connectivity index (χ3n) is 5.10. The van der Waals surface area contributed by atoms with E-state index in [4.69, 9.17) is 4.74 Å². The Morgan fingerprint density at radius 2 is 1.60 bits per heavy atom. The number of sulfonamides is 1. The molecule has 2 aromatic rings. The summed E-state index contributed by atoms with van der Waals surface area (Å²) in [5.74, 6) is 0.802. The second-order valence-electron chi connectivity index (χ2n) is 6.55. The number of ether oxygens (including phenoxy) is 1. The minimum atomic E-state index is -3.45. The van der Waals surface area contributed by atoms with Gasteiger partial charge in [-0.25, -0.2) is 8.42 Å². The number of hydrogen-bond donors (Lipinski definition) is 0. The molecule has 0 amide bonds. The molecule has 0 saturated carbocycles. The SMILES string of the molecule is COc1ccc(-c2ccc(S(=O)(=O)N3C4C=CCC3CC4)cc2)cc1. The van der Waals surface area contributed by atoms with Gasteiger partial charge in [0.1, 0.15) is 5.75 Å². The molecule has 0 spiro atoms. The maximum absolute atomic E-state index is 13.1. The van der Waals surface area contributed by atoms with E-state index >= 15 is 0 Å². The summed E-state index contributed by atoms with van der Waals surface area (Å²) >= 11 is 0. The largest absolute Gasteiger partial charge is 0.497 e. The maximum atomic E-state index is 13.1. The number of fused-ring (bicyclic) bond motifs is 2. The molecule has 2 unspecified atom stereocenters. The van der Waals surface area contributed by atoms with E-state index in [1.54, 1.807) is 23.5 Å². The van der Waals surface area contributed by atoms with Crippen molar-refractivity contribution in [3.8, 4) is 16.9 Å². The summed E-state index contributed by atoms with van der Waals surface area (Å²) in [6, 6.07) is 15.0. The van der Waals surface area contributed by atoms with Gasteiger partial charge in [0, 0.05) is 12.1 Å². The first kappa shape index (κ1) is 16.4. The van der Waals surface area contributed by atoms with Gasteiger partial charge in [0.25, 0.3) is 0 Å². The van der Waals surface area contributed by atoms with E-state index in [0.29, 0.717) is 4.90 Å². The van der Waals surface area contributed by atoms with Gasteiger partial charge in [0.05, 0.1) is 12.0 Å². The minimum absolute atomic E-state index is 0.0185. The summed E-state index contributed by atoms with van der Waals surface area (Å²) in [5.41, 5.74) is 2.02. The van der Waals surface area contributed by atoms with Crippen molar-refractivity contribution in [3.63, 3.8) is 0 Å². The zero-order valence-electron chi connectivity index (χ0n) is 14.1. The molecule has 2 aromatic carbocycles. The molecule has 5 heteroatoms. The van der Waals surface area contributed by atoms with Crippen molar-refractivity contribution < 1.29 is 13.2 Å². The third kappa shape index (κ3) is 2.87. The van der Waals surface area contributed by atoms with Crippen LogP contribution in [0.4, 0.5) is 0 Å². The summed E-state index contributed by atoms with van der Waals surface area (Å²) < 4.78 is 33.0. The van der Waals surface area contributed by atoms with E-state index in [1.807, 2.05) is 42.5 Å². The molecule has 1 saturated heterocycles. The molecule has 1 fully saturated rings. The van der Waals surface area contributed by atoms with Gasteiger partial charge in [-0.2, -0.15) is 4.31 Å². The molecular weight excluding hydrogens is 334 g/mol. The van der Waals surface area contributed by atoms with Crippen molar-refractivity contribution in [1.82, 2.24) is 4.31 Å². The van der Waals surface area contributed by atoms with Crippen LogP contribution < -0.4 is 4.74 Å². The second-order valence-corrected chi connectivity index (χ2v) is 8.39. The highest BCUT2D eigenvalue weighted by Crippen LogP contribution is 2.36. The predicted octanol–water partition coefficient (Wildman–Crippen LogP) is 3.84. The fourth-order valence-corrected chi connectivity index (χ4v) is 5.62. The van der Waals surface area contributed by atoms with Gasteiger partial charge in [-0.3, -0.25) is 0 Å². The molecule has 0 aliphatic carbocycles. The minimum Gasteiger partial charge on any atom is -0.497 e. The zero-order chi connectivity index (χ0) is 17.4. The van der Waals surface area contributed by atoms with Gasteiger partial charge >= 0.3 is 0 Å². The molecule has 4 rings (SSSR count). The highest BCUT2D eigenvalue weighted by molar-refractivity contribution is 7.89. The van der Waals surface area contributed by atoms with Crippen molar-refractivity contribution in [2.24, 2.45) is 0 Å². The fraction of sp³-hybridized carbons (Fsp3) is 0.300. The standard InChI is InChI=1S/C20H21NO3S/c1-24-19-11-5-15(6-12-19)16-7-13-20(14-8-16)25(22,23)21-17-3-2-4-18(21)10-9-17/h2-3,5-8,11-14,17-18H,4,9-10H2,1H3. The van der Waals surface area contributed by atoms with Crippen LogP contribution in [0.3, 0.4) is 0 Å². The van der Waals surface area contributed by atoms with Crippen LogP contribution in [0.5, 0.6) is 5.75 Å². The Bertz CT molecular complexity index is 886. The Hall–Kier alpha value is -2.11. The molecule has 2 aliphatic rings. The molecule has 0 radical (unpaired) electrons. The quantitative estimate of drug-likeness (QED) is 0.783. The highest BCUT2D eigenvalue weighted by atomic mass is 32.2. The molecule has 2 bridgehead atoms. The predicted molar refractivity (Wildman–Crippen MR) is 98.0 cm³/mol. The molecule has 25 heavy (non-hydrogen) atoms. The van der Waals surface area contributed by atoms with Crippen LogP contribution in [-0.4, -0.2) is 31.9 Å². The molecule has 2 aliphatic heterocycles. The molecule has 4 nitrogen and oxygen atoms in total. The Morgan fingerprint density at radius 3 is 2.20 bits per heavy atom. The Balaban J connectivity index is 1.62. The van der Waals surface area contributed by atoms with E-state index < -0.39 is 10.0 Å². The van der Waals surface area contributed by atoms with Crippen molar-refractivity contribution in [2.75, 3.05) is 7.11 Å². The van der Waals surface area contributed by atoms with Gasteiger partial charge in [0.2, 0.25) is 10.0 Å². The Labute approximate surface area is 148 Å². The third-order valence-corrected chi connectivity index (χ3v) is 7.09. The van der Waals surface area contributed by atoms with Crippen LogP contribution in [0.1, 0.15) is 19.3 Å². The van der Waals surface area contributed by atoms with Crippen LogP contribution in [0, 0.1) is 0 Å². The van der Waals surface area contributed by atoms with Gasteiger partial charge in [-0.1, -0.05) is 36.4 Å². The summed E-state index contributed by atoms with van der Waals surface area (Å²) in [5, 5.41) is 0. The lowest BCUT2D eigenvalue weighted by Crippen LogP contribution is -2.41. The first-order valence-electron chi connectivity index (χ1n) is 8.54. The van der Waals surface area contributed by atoms with Crippen LogP contribution in [-0.2, 0) is 10.0 Å². The van der Waals surface area contributed by atoms with Crippen molar-refractivity contribution in [3.05, 3.63) is 60.7 Å². The van der Waals surface area contributed by atoms with Gasteiger partial charge in [-0.15, -0.1) is 0 Å². The maximum Gasteiger partial charge on any atom is 0.243 e. The topological polar surface area (TPSA) is 46.6 Å². The normalized spacial score (nSPS) is 22.9. The summed E-state index contributed by atoms with van der Waals surface area (Å²) in [4.78, 5) is 0.372. The molecule has 2 atom stereocenters. The number of benzene rings is 2. The van der Waals surface area contributed by atoms with E-state index in [1.165, 1.54) is 0 Å². The first-order valence-corrected chi connectivity index (χ1v) is 9.98. The van der Waals surface area contributed by atoms with Gasteiger partial charge in [-0.05, 0) is 54.7 Å². The highest BCUT2D eigenvalue weighted by Gasteiger charge is 2.42. The van der Waals surface area contributed by atoms with Crippen LogP contribution in [0.2, 0.25) is 0 Å². The summed E-state index contributed by atoms with van der Waals surface area (Å²) in [6.07, 6.45) is 6.83. The molecular formula is C20H21NO3S. The molecule has 2 heterocycles. The number of methoxy groups -OCH3 is 1. The Kier molecular flexibility index (Phi) is 4.13.